The van der Waals surface area contributed by atoms with E-state index in [1.165, 1.54) is 6.07 Å². The Morgan fingerprint density at radius 3 is 2.50 bits per heavy atom. The SMILES string of the molecule is CNC(c1cc(C)cnc1N)c1ccc(F)c(F)c1F. The van der Waals surface area contributed by atoms with E-state index in [9.17, 15) is 13.2 Å². The maximum absolute atomic E-state index is 13.9. The Labute approximate surface area is 114 Å². The maximum atomic E-state index is 13.9. The monoisotopic (exact) mass is 281 g/mol. The molecule has 0 aliphatic rings. The van der Waals surface area contributed by atoms with E-state index in [2.05, 4.69) is 10.3 Å². The van der Waals surface area contributed by atoms with Gasteiger partial charge in [0.1, 0.15) is 5.82 Å². The standard InChI is InChI=1S/C14H14F3N3/c1-7-5-9(14(18)20-6-7)13(19-2)8-3-4-10(15)12(17)11(8)16/h3-6,13,19H,1-2H3,(H2,18,20). The first-order valence-corrected chi connectivity index (χ1v) is 5.98. The molecule has 2 rings (SSSR count). The van der Waals surface area contributed by atoms with Crippen molar-refractivity contribution in [1.82, 2.24) is 10.3 Å². The molecular formula is C14H14F3N3. The van der Waals surface area contributed by atoms with Crippen molar-refractivity contribution in [2.45, 2.75) is 13.0 Å². The molecule has 20 heavy (non-hydrogen) atoms. The molecule has 0 spiro atoms. The lowest BCUT2D eigenvalue weighted by Gasteiger charge is -2.19. The number of nitrogens with one attached hydrogen (secondary N) is 1. The minimum atomic E-state index is -1.50. The summed E-state index contributed by atoms with van der Waals surface area (Å²) >= 11 is 0. The summed E-state index contributed by atoms with van der Waals surface area (Å²) in [5, 5.41) is 2.84. The summed E-state index contributed by atoms with van der Waals surface area (Å²) in [6.07, 6.45) is 1.58. The van der Waals surface area contributed by atoms with Crippen LogP contribution in [0.2, 0.25) is 0 Å². The van der Waals surface area contributed by atoms with Gasteiger partial charge in [-0.2, -0.15) is 0 Å². The number of nitrogens with two attached hydrogens (primary N) is 1. The summed E-state index contributed by atoms with van der Waals surface area (Å²) in [6.45, 7) is 1.81. The zero-order chi connectivity index (χ0) is 14.9. The summed E-state index contributed by atoms with van der Waals surface area (Å²) in [4.78, 5) is 3.99. The molecule has 0 saturated carbocycles. The first-order chi connectivity index (χ1) is 9.45. The van der Waals surface area contributed by atoms with Crippen molar-refractivity contribution >= 4 is 5.82 Å². The van der Waals surface area contributed by atoms with Crippen LogP contribution < -0.4 is 11.1 Å². The lowest BCUT2D eigenvalue weighted by atomic mass is 9.97. The first-order valence-electron chi connectivity index (χ1n) is 5.98. The van der Waals surface area contributed by atoms with Gasteiger partial charge in [-0.25, -0.2) is 18.2 Å². The van der Waals surface area contributed by atoms with Crippen molar-refractivity contribution in [1.29, 1.82) is 0 Å². The molecule has 0 fully saturated rings. The number of anilines is 1. The molecule has 3 N–H and O–H groups in total. The predicted octanol–water partition coefficient (Wildman–Crippen LogP) is 2.70. The second-order valence-corrected chi connectivity index (χ2v) is 4.47. The van der Waals surface area contributed by atoms with Crippen LogP contribution in [0.5, 0.6) is 0 Å². The largest absolute Gasteiger partial charge is 0.383 e. The highest BCUT2D eigenvalue weighted by Crippen LogP contribution is 2.29. The van der Waals surface area contributed by atoms with E-state index in [0.29, 0.717) is 5.56 Å². The second-order valence-electron chi connectivity index (χ2n) is 4.47. The third kappa shape index (κ3) is 2.46. The number of hydrogen-bond donors (Lipinski definition) is 2. The van der Waals surface area contributed by atoms with E-state index < -0.39 is 23.5 Å². The van der Waals surface area contributed by atoms with Crippen molar-refractivity contribution in [2.75, 3.05) is 12.8 Å². The van der Waals surface area contributed by atoms with Crippen molar-refractivity contribution in [3.05, 3.63) is 58.5 Å². The quantitative estimate of drug-likeness (QED) is 0.850. The minimum Gasteiger partial charge on any atom is -0.383 e. The molecule has 1 atom stereocenters. The van der Waals surface area contributed by atoms with Crippen molar-refractivity contribution in [2.24, 2.45) is 0 Å². The Morgan fingerprint density at radius 1 is 1.15 bits per heavy atom. The van der Waals surface area contributed by atoms with Crippen LogP contribution in [0.3, 0.4) is 0 Å². The molecule has 2 aromatic rings. The number of pyridine rings is 1. The van der Waals surface area contributed by atoms with Gasteiger partial charge >= 0.3 is 0 Å². The van der Waals surface area contributed by atoms with Crippen molar-refractivity contribution in [3.8, 4) is 0 Å². The third-order valence-corrected chi connectivity index (χ3v) is 3.06. The zero-order valence-electron chi connectivity index (χ0n) is 11.0. The van der Waals surface area contributed by atoms with Gasteiger partial charge in [-0.1, -0.05) is 6.07 Å². The Morgan fingerprint density at radius 2 is 1.85 bits per heavy atom. The molecule has 0 aliphatic carbocycles. The van der Waals surface area contributed by atoms with Crippen LogP contribution >= 0.6 is 0 Å². The minimum absolute atomic E-state index is 0.0227. The molecule has 0 saturated heterocycles. The van der Waals surface area contributed by atoms with Gasteiger partial charge in [0, 0.05) is 17.3 Å². The number of aromatic nitrogens is 1. The van der Waals surface area contributed by atoms with Gasteiger partial charge in [0.15, 0.2) is 17.5 Å². The average molecular weight is 281 g/mol. The van der Waals surface area contributed by atoms with E-state index >= 15 is 0 Å². The van der Waals surface area contributed by atoms with E-state index in [1.807, 2.05) is 6.92 Å². The summed E-state index contributed by atoms with van der Waals surface area (Å²) in [7, 11) is 1.58. The Bertz CT molecular complexity index is 644. The number of rotatable bonds is 3. The zero-order valence-corrected chi connectivity index (χ0v) is 11.0. The number of nitrogen functional groups attached to an aromatic ring is 1. The Hall–Kier alpha value is -2.08. The van der Waals surface area contributed by atoms with Crippen LogP contribution in [-0.2, 0) is 0 Å². The second kappa shape index (κ2) is 5.50. The molecule has 6 heteroatoms. The molecule has 0 radical (unpaired) electrons. The van der Waals surface area contributed by atoms with E-state index in [1.54, 1.807) is 19.3 Å². The molecule has 1 aromatic carbocycles. The topological polar surface area (TPSA) is 50.9 Å². The van der Waals surface area contributed by atoms with Crippen molar-refractivity contribution < 1.29 is 13.2 Å². The highest BCUT2D eigenvalue weighted by Gasteiger charge is 2.23. The van der Waals surface area contributed by atoms with Gasteiger partial charge < -0.3 is 11.1 Å². The van der Waals surface area contributed by atoms with Crippen LogP contribution in [0, 0.1) is 24.4 Å². The average Bonchev–Trinajstić information content (AvgIpc) is 2.43. The Balaban J connectivity index is 2.58. The molecule has 106 valence electrons. The van der Waals surface area contributed by atoms with Gasteiger partial charge in [-0.3, -0.25) is 0 Å². The molecule has 3 nitrogen and oxygen atoms in total. The highest BCUT2D eigenvalue weighted by molar-refractivity contribution is 5.47. The van der Waals surface area contributed by atoms with E-state index in [-0.39, 0.29) is 11.4 Å². The number of halogens is 3. The molecule has 1 heterocycles. The smallest absolute Gasteiger partial charge is 0.194 e. The van der Waals surface area contributed by atoms with Gasteiger partial charge in [0.05, 0.1) is 6.04 Å². The molecule has 0 bridgehead atoms. The normalized spacial score (nSPS) is 12.4. The Kier molecular flexibility index (Phi) is 3.94. The molecule has 0 amide bonds. The lowest BCUT2D eigenvalue weighted by Crippen LogP contribution is -2.21. The maximum Gasteiger partial charge on any atom is 0.194 e. The fraction of sp³-hybridized carbons (Fsp3) is 0.214. The van der Waals surface area contributed by atoms with E-state index in [0.717, 1.165) is 11.6 Å². The summed E-state index contributed by atoms with van der Waals surface area (Å²) in [6, 6.07) is 3.09. The summed E-state index contributed by atoms with van der Waals surface area (Å²) in [5.74, 6) is -3.75. The lowest BCUT2D eigenvalue weighted by molar-refractivity contribution is 0.435. The van der Waals surface area contributed by atoms with Gasteiger partial charge in [-0.15, -0.1) is 0 Å². The summed E-state index contributed by atoms with van der Waals surface area (Å²) < 4.78 is 40.3. The number of hydrogen-bond acceptors (Lipinski definition) is 3. The van der Waals surface area contributed by atoms with Crippen LogP contribution in [-0.4, -0.2) is 12.0 Å². The fourth-order valence-electron chi connectivity index (χ4n) is 2.08. The van der Waals surface area contributed by atoms with Gasteiger partial charge in [-0.05, 0) is 31.7 Å². The van der Waals surface area contributed by atoms with Crippen LogP contribution in [0.4, 0.5) is 19.0 Å². The third-order valence-electron chi connectivity index (χ3n) is 3.06. The fourth-order valence-corrected chi connectivity index (χ4v) is 2.08. The van der Waals surface area contributed by atoms with Gasteiger partial charge in [0.25, 0.3) is 0 Å². The first kappa shape index (κ1) is 14.3. The molecule has 1 unspecified atom stereocenters. The number of benzene rings is 1. The number of nitrogens with zero attached hydrogens (tertiary/aromatic N) is 1. The molecule has 1 aromatic heterocycles. The molecule has 0 aliphatic heterocycles. The number of aryl methyl sites for hydroxylation is 1. The summed E-state index contributed by atoms with van der Waals surface area (Å²) in [5.41, 5.74) is 7.10. The predicted molar refractivity (Wildman–Crippen MR) is 70.6 cm³/mol. The molecular weight excluding hydrogens is 267 g/mol. The van der Waals surface area contributed by atoms with Gasteiger partial charge in [0.2, 0.25) is 0 Å². The van der Waals surface area contributed by atoms with E-state index in [4.69, 9.17) is 5.73 Å². The van der Waals surface area contributed by atoms with Crippen LogP contribution in [0.25, 0.3) is 0 Å². The van der Waals surface area contributed by atoms with Crippen LogP contribution in [0.1, 0.15) is 22.7 Å². The highest BCUT2D eigenvalue weighted by atomic mass is 19.2. The van der Waals surface area contributed by atoms with Crippen molar-refractivity contribution in [3.63, 3.8) is 0 Å². The van der Waals surface area contributed by atoms with Crippen LogP contribution in [0.15, 0.2) is 24.4 Å².